The molecule has 20 heavy (non-hydrogen) atoms. The summed E-state index contributed by atoms with van der Waals surface area (Å²) in [6.07, 6.45) is 1.32. The number of rotatable bonds is 4. The first kappa shape index (κ1) is 15.6. The van der Waals surface area contributed by atoms with Gasteiger partial charge in [-0.25, -0.2) is 0 Å². The molecule has 112 valence electrons. The van der Waals surface area contributed by atoms with E-state index in [2.05, 4.69) is 34.7 Å². The largest absolute Gasteiger partial charge is 0.503 e. The number of phenolic OH excluding ortho intramolecular Hbond substituents is 1. The summed E-state index contributed by atoms with van der Waals surface area (Å²) in [5.41, 5.74) is 1.18. The van der Waals surface area contributed by atoms with E-state index in [-0.39, 0.29) is 5.75 Å². The van der Waals surface area contributed by atoms with Gasteiger partial charge in [-0.3, -0.25) is 4.90 Å². The van der Waals surface area contributed by atoms with Crippen LogP contribution in [0, 0.1) is 11.8 Å². The van der Waals surface area contributed by atoms with Crippen LogP contribution in [0.4, 0.5) is 0 Å². The maximum atomic E-state index is 9.96. The van der Waals surface area contributed by atoms with Crippen LogP contribution in [0.15, 0.2) is 16.6 Å². The Bertz CT molecular complexity index is 454. The number of ether oxygens (including phenoxy) is 1. The topological polar surface area (TPSA) is 32.7 Å². The molecule has 3 nitrogen and oxygen atoms in total. The van der Waals surface area contributed by atoms with Crippen LogP contribution >= 0.6 is 15.9 Å². The van der Waals surface area contributed by atoms with Crippen LogP contribution in [0.25, 0.3) is 0 Å². The van der Waals surface area contributed by atoms with Crippen LogP contribution in [-0.4, -0.2) is 29.7 Å². The van der Waals surface area contributed by atoms with Crippen molar-refractivity contribution >= 4 is 15.9 Å². The van der Waals surface area contributed by atoms with Crippen LogP contribution in [0.3, 0.4) is 0 Å². The van der Waals surface area contributed by atoms with E-state index in [9.17, 15) is 5.11 Å². The monoisotopic (exact) mass is 341 g/mol. The number of aromatic hydroxyl groups is 1. The van der Waals surface area contributed by atoms with Gasteiger partial charge in [0.05, 0.1) is 11.1 Å². The Morgan fingerprint density at radius 1 is 1.30 bits per heavy atom. The highest BCUT2D eigenvalue weighted by Gasteiger charge is 2.22. The first-order chi connectivity index (χ1) is 9.49. The van der Waals surface area contributed by atoms with E-state index in [0.717, 1.165) is 31.5 Å². The quantitative estimate of drug-likeness (QED) is 0.897. The van der Waals surface area contributed by atoms with Crippen LogP contribution in [0.2, 0.25) is 0 Å². The maximum Gasteiger partial charge on any atom is 0.172 e. The molecular formula is C16H24BrNO2. The van der Waals surface area contributed by atoms with E-state index >= 15 is 0 Å². The lowest BCUT2D eigenvalue weighted by Gasteiger charge is -2.35. The molecule has 0 radical (unpaired) electrons. The summed E-state index contributed by atoms with van der Waals surface area (Å²) in [7, 11) is 0. The molecular weight excluding hydrogens is 318 g/mol. The van der Waals surface area contributed by atoms with Gasteiger partial charge in [-0.05, 0) is 58.8 Å². The van der Waals surface area contributed by atoms with Crippen LogP contribution < -0.4 is 4.74 Å². The highest BCUT2D eigenvalue weighted by Crippen LogP contribution is 2.36. The first-order valence-electron chi connectivity index (χ1n) is 7.36. The molecule has 0 aromatic heterocycles. The lowest BCUT2D eigenvalue weighted by atomic mass is 9.91. The summed E-state index contributed by atoms with van der Waals surface area (Å²) < 4.78 is 6.20. The summed E-state index contributed by atoms with van der Waals surface area (Å²) >= 11 is 3.41. The van der Waals surface area contributed by atoms with E-state index < -0.39 is 0 Å². The third kappa shape index (κ3) is 3.89. The molecule has 2 unspecified atom stereocenters. The van der Waals surface area contributed by atoms with E-state index in [0.29, 0.717) is 16.8 Å². The van der Waals surface area contributed by atoms with E-state index in [1.807, 2.05) is 19.1 Å². The number of piperidine rings is 1. The summed E-state index contributed by atoms with van der Waals surface area (Å²) in [6.45, 7) is 10.3. The summed E-state index contributed by atoms with van der Waals surface area (Å²) in [4.78, 5) is 2.49. The minimum absolute atomic E-state index is 0.191. The highest BCUT2D eigenvalue weighted by molar-refractivity contribution is 9.10. The number of likely N-dealkylation sites (tertiary alicyclic amines) is 1. The second-order valence-electron chi connectivity index (χ2n) is 6.00. The molecule has 0 spiro atoms. The third-order valence-corrected chi connectivity index (χ3v) is 4.34. The number of hydrogen-bond acceptors (Lipinski definition) is 3. The van der Waals surface area contributed by atoms with Crippen LogP contribution in [0.1, 0.15) is 32.8 Å². The molecule has 1 aromatic carbocycles. The van der Waals surface area contributed by atoms with E-state index in [1.54, 1.807) is 0 Å². The molecule has 1 saturated heterocycles. The average molecular weight is 342 g/mol. The van der Waals surface area contributed by atoms with Gasteiger partial charge in [-0.15, -0.1) is 0 Å². The minimum atomic E-state index is 0.191. The molecule has 2 atom stereocenters. The SMILES string of the molecule is CCOc1cc(CN2CC(C)CC(C)C2)cc(Br)c1O. The van der Waals surface area contributed by atoms with Crippen molar-refractivity contribution in [2.24, 2.45) is 11.8 Å². The van der Waals surface area contributed by atoms with Crippen molar-refractivity contribution in [3.63, 3.8) is 0 Å². The predicted octanol–water partition coefficient (Wildman–Crippen LogP) is 4.03. The Hall–Kier alpha value is -0.740. The second-order valence-corrected chi connectivity index (χ2v) is 6.85. The van der Waals surface area contributed by atoms with Crippen molar-refractivity contribution in [3.8, 4) is 11.5 Å². The Morgan fingerprint density at radius 2 is 1.95 bits per heavy atom. The number of halogens is 1. The second kappa shape index (κ2) is 6.81. The van der Waals surface area contributed by atoms with Crippen LogP contribution in [-0.2, 0) is 6.54 Å². The molecule has 0 aliphatic carbocycles. The molecule has 1 N–H and O–H groups in total. The van der Waals surface area contributed by atoms with Gasteiger partial charge in [0.2, 0.25) is 0 Å². The molecule has 0 saturated carbocycles. The Labute approximate surface area is 130 Å². The van der Waals surface area contributed by atoms with Crippen molar-refractivity contribution in [2.45, 2.75) is 33.7 Å². The predicted molar refractivity (Wildman–Crippen MR) is 85.2 cm³/mol. The number of benzene rings is 1. The molecule has 0 amide bonds. The zero-order valence-corrected chi connectivity index (χ0v) is 14.1. The molecule has 1 aliphatic rings. The van der Waals surface area contributed by atoms with Gasteiger partial charge in [-0.1, -0.05) is 13.8 Å². The average Bonchev–Trinajstić information content (AvgIpc) is 2.34. The van der Waals surface area contributed by atoms with Gasteiger partial charge in [-0.2, -0.15) is 0 Å². The van der Waals surface area contributed by atoms with Crippen LogP contribution in [0.5, 0.6) is 11.5 Å². The fourth-order valence-corrected chi connectivity index (χ4v) is 3.65. The summed E-state index contributed by atoms with van der Waals surface area (Å²) in [6, 6.07) is 3.94. The first-order valence-corrected chi connectivity index (χ1v) is 8.15. The Balaban J connectivity index is 2.12. The fourth-order valence-electron chi connectivity index (χ4n) is 3.16. The molecule has 1 fully saturated rings. The van der Waals surface area contributed by atoms with Gasteiger partial charge < -0.3 is 9.84 Å². The highest BCUT2D eigenvalue weighted by atomic mass is 79.9. The molecule has 0 bridgehead atoms. The normalized spacial score (nSPS) is 23.8. The van der Waals surface area contributed by atoms with Gasteiger partial charge in [0.1, 0.15) is 0 Å². The zero-order valence-electron chi connectivity index (χ0n) is 12.5. The van der Waals surface area contributed by atoms with Crippen molar-refractivity contribution in [2.75, 3.05) is 19.7 Å². The number of phenols is 1. The number of nitrogens with zero attached hydrogens (tertiary/aromatic N) is 1. The lowest BCUT2D eigenvalue weighted by molar-refractivity contribution is 0.134. The summed E-state index contributed by atoms with van der Waals surface area (Å²) in [5, 5.41) is 9.96. The smallest absolute Gasteiger partial charge is 0.172 e. The van der Waals surface area contributed by atoms with Crippen molar-refractivity contribution in [1.82, 2.24) is 4.90 Å². The van der Waals surface area contributed by atoms with E-state index in [4.69, 9.17) is 4.74 Å². The van der Waals surface area contributed by atoms with Crippen molar-refractivity contribution in [1.29, 1.82) is 0 Å². The molecule has 4 heteroatoms. The van der Waals surface area contributed by atoms with Crippen molar-refractivity contribution in [3.05, 3.63) is 22.2 Å². The van der Waals surface area contributed by atoms with Gasteiger partial charge in [0.15, 0.2) is 11.5 Å². The number of hydrogen-bond donors (Lipinski definition) is 1. The van der Waals surface area contributed by atoms with Gasteiger partial charge >= 0.3 is 0 Å². The lowest BCUT2D eigenvalue weighted by Crippen LogP contribution is -2.38. The molecule has 2 rings (SSSR count). The van der Waals surface area contributed by atoms with Gasteiger partial charge in [0.25, 0.3) is 0 Å². The third-order valence-electron chi connectivity index (χ3n) is 3.74. The van der Waals surface area contributed by atoms with Gasteiger partial charge in [0, 0.05) is 19.6 Å². The maximum absolute atomic E-state index is 9.96. The minimum Gasteiger partial charge on any atom is -0.503 e. The fraction of sp³-hybridized carbons (Fsp3) is 0.625. The van der Waals surface area contributed by atoms with E-state index in [1.165, 1.54) is 12.0 Å². The zero-order chi connectivity index (χ0) is 14.7. The Morgan fingerprint density at radius 3 is 2.55 bits per heavy atom. The molecule has 1 heterocycles. The Kier molecular flexibility index (Phi) is 5.33. The van der Waals surface area contributed by atoms with Crippen molar-refractivity contribution < 1.29 is 9.84 Å². The molecule has 1 aliphatic heterocycles. The standard InChI is InChI=1S/C16H24BrNO2/c1-4-20-15-7-13(6-14(17)16(15)19)10-18-8-11(2)5-12(3)9-18/h6-7,11-12,19H,4-5,8-10H2,1-3H3. The molecule has 1 aromatic rings. The summed E-state index contributed by atoms with van der Waals surface area (Å²) in [5.74, 6) is 2.27.